The van der Waals surface area contributed by atoms with Gasteiger partial charge in [-0.3, -0.25) is 20.4 Å². The number of benzene rings is 2. The first-order chi connectivity index (χ1) is 12.6. The Hall–Kier alpha value is -2.51. The van der Waals surface area contributed by atoms with Crippen molar-refractivity contribution >= 4 is 23.6 Å². The number of nitrogens with one attached hydrogen (secondary N) is 2. The third-order valence-electron chi connectivity index (χ3n) is 4.02. The van der Waals surface area contributed by atoms with Crippen molar-refractivity contribution in [2.24, 2.45) is 0 Å². The lowest BCUT2D eigenvalue weighted by Crippen LogP contribution is -2.41. The van der Waals surface area contributed by atoms with E-state index in [-0.39, 0.29) is 17.4 Å². The summed E-state index contributed by atoms with van der Waals surface area (Å²) in [6.45, 7) is 0.797. The van der Waals surface area contributed by atoms with Crippen molar-refractivity contribution in [3.63, 3.8) is 0 Å². The average molecular weight is 372 g/mol. The summed E-state index contributed by atoms with van der Waals surface area (Å²) in [7, 11) is 0. The minimum Gasteiger partial charge on any atom is -0.507 e. The molecule has 0 radical (unpaired) electrons. The van der Waals surface area contributed by atoms with Crippen LogP contribution in [0.25, 0.3) is 0 Å². The molecule has 0 aromatic heterocycles. The summed E-state index contributed by atoms with van der Waals surface area (Å²) in [5.74, 6) is -0.355. The molecule has 1 fully saturated rings. The quantitative estimate of drug-likeness (QED) is 0.555. The van der Waals surface area contributed by atoms with E-state index in [2.05, 4.69) is 10.9 Å². The summed E-state index contributed by atoms with van der Waals surface area (Å²) >= 11 is 1.57. The Kier molecular flexibility index (Phi) is 6.14. The number of rotatable bonds is 5. The fraction of sp³-hybridized carbons (Fsp3) is 0.263. The smallest absolute Gasteiger partial charge is 0.273 e. The highest BCUT2D eigenvalue weighted by Crippen LogP contribution is 2.26. The maximum absolute atomic E-state index is 12.4. The molecule has 0 bridgehead atoms. The number of hydrazine groups is 1. The van der Waals surface area contributed by atoms with Gasteiger partial charge in [0.1, 0.15) is 5.75 Å². The SMILES string of the molecule is O=C(NNC(=O)c1ccccc1SCC1CCCO1)c1ccccc1O. The highest BCUT2D eigenvalue weighted by Gasteiger charge is 2.18. The number of ether oxygens (including phenoxy) is 1. The van der Waals surface area contributed by atoms with Crippen LogP contribution in [0.4, 0.5) is 0 Å². The number of phenolic OH excluding ortho intramolecular Hbond substituents is 1. The Morgan fingerprint density at radius 1 is 1.04 bits per heavy atom. The van der Waals surface area contributed by atoms with Gasteiger partial charge < -0.3 is 9.84 Å². The van der Waals surface area contributed by atoms with Crippen molar-refractivity contribution in [2.75, 3.05) is 12.4 Å². The first kappa shape index (κ1) is 18.3. The van der Waals surface area contributed by atoms with Crippen LogP contribution in [0, 0.1) is 0 Å². The highest BCUT2D eigenvalue weighted by atomic mass is 32.2. The van der Waals surface area contributed by atoms with Crippen LogP contribution in [0.3, 0.4) is 0 Å². The standard InChI is InChI=1S/C19H20N2O4S/c22-16-9-3-1-7-14(16)18(23)20-21-19(24)15-8-2-4-10-17(15)26-12-13-6-5-11-25-13/h1-4,7-10,13,22H,5-6,11-12H2,(H,20,23)(H,21,24). The van der Waals surface area contributed by atoms with Crippen LogP contribution < -0.4 is 10.9 Å². The molecule has 3 rings (SSSR count). The Labute approximate surface area is 155 Å². The van der Waals surface area contributed by atoms with Crippen molar-refractivity contribution in [1.82, 2.24) is 10.9 Å². The molecular weight excluding hydrogens is 352 g/mol. The number of carbonyl (C=O) groups excluding carboxylic acids is 2. The van der Waals surface area contributed by atoms with E-state index in [1.54, 1.807) is 36.0 Å². The number of carbonyl (C=O) groups is 2. The maximum Gasteiger partial charge on any atom is 0.273 e. The Balaban J connectivity index is 1.60. The molecule has 3 N–H and O–H groups in total. The van der Waals surface area contributed by atoms with Gasteiger partial charge in [0.25, 0.3) is 11.8 Å². The van der Waals surface area contributed by atoms with Crippen molar-refractivity contribution in [2.45, 2.75) is 23.8 Å². The van der Waals surface area contributed by atoms with E-state index in [0.29, 0.717) is 5.56 Å². The molecule has 2 aromatic rings. The monoisotopic (exact) mass is 372 g/mol. The summed E-state index contributed by atoms with van der Waals surface area (Å²) in [4.78, 5) is 25.4. The zero-order valence-electron chi connectivity index (χ0n) is 14.1. The molecule has 1 aliphatic rings. The molecule has 0 aliphatic carbocycles. The van der Waals surface area contributed by atoms with Crippen LogP contribution in [0.1, 0.15) is 33.6 Å². The topological polar surface area (TPSA) is 87.7 Å². The van der Waals surface area contributed by atoms with E-state index in [1.165, 1.54) is 12.1 Å². The zero-order valence-corrected chi connectivity index (χ0v) is 14.9. The van der Waals surface area contributed by atoms with Crippen molar-refractivity contribution in [1.29, 1.82) is 0 Å². The van der Waals surface area contributed by atoms with Crippen LogP contribution in [-0.2, 0) is 4.74 Å². The first-order valence-electron chi connectivity index (χ1n) is 8.37. The minimum absolute atomic E-state index is 0.0915. The largest absolute Gasteiger partial charge is 0.507 e. The van der Waals surface area contributed by atoms with Crippen LogP contribution in [0.2, 0.25) is 0 Å². The molecule has 2 amide bonds. The molecule has 0 spiro atoms. The van der Waals surface area contributed by atoms with Crippen molar-refractivity contribution < 1.29 is 19.4 Å². The summed E-state index contributed by atoms with van der Waals surface area (Å²) < 4.78 is 5.61. The number of para-hydroxylation sites is 1. The average Bonchev–Trinajstić information content (AvgIpc) is 3.18. The van der Waals surface area contributed by atoms with E-state index in [9.17, 15) is 14.7 Å². The number of phenols is 1. The second-order valence-corrected chi connectivity index (χ2v) is 6.93. The predicted molar refractivity (Wildman–Crippen MR) is 99.2 cm³/mol. The van der Waals surface area contributed by atoms with Gasteiger partial charge in [0.15, 0.2) is 0 Å². The van der Waals surface area contributed by atoms with E-state index in [4.69, 9.17) is 4.74 Å². The van der Waals surface area contributed by atoms with Crippen LogP contribution in [0.15, 0.2) is 53.4 Å². The Morgan fingerprint density at radius 3 is 2.38 bits per heavy atom. The highest BCUT2D eigenvalue weighted by molar-refractivity contribution is 7.99. The lowest BCUT2D eigenvalue weighted by Gasteiger charge is -2.13. The van der Waals surface area contributed by atoms with Gasteiger partial charge in [-0.2, -0.15) is 0 Å². The molecular formula is C19H20N2O4S. The van der Waals surface area contributed by atoms with E-state index in [0.717, 1.165) is 30.1 Å². The van der Waals surface area contributed by atoms with Crippen molar-refractivity contribution in [3.8, 4) is 5.75 Å². The molecule has 7 heteroatoms. The molecule has 1 unspecified atom stereocenters. The molecule has 1 aliphatic heterocycles. The number of hydrogen-bond donors (Lipinski definition) is 3. The first-order valence-corrected chi connectivity index (χ1v) is 9.36. The molecule has 0 saturated carbocycles. The fourth-order valence-electron chi connectivity index (χ4n) is 2.65. The van der Waals surface area contributed by atoms with Gasteiger partial charge in [-0.1, -0.05) is 24.3 Å². The number of hydrogen-bond acceptors (Lipinski definition) is 5. The maximum atomic E-state index is 12.4. The summed E-state index contributed by atoms with van der Waals surface area (Å²) in [5, 5.41) is 9.69. The third kappa shape index (κ3) is 4.56. The van der Waals surface area contributed by atoms with Gasteiger partial charge in [0.2, 0.25) is 0 Å². The zero-order chi connectivity index (χ0) is 18.4. The fourth-order valence-corrected chi connectivity index (χ4v) is 3.77. The molecule has 26 heavy (non-hydrogen) atoms. The van der Waals surface area contributed by atoms with E-state index in [1.807, 2.05) is 12.1 Å². The lowest BCUT2D eigenvalue weighted by atomic mass is 10.2. The van der Waals surface area contributed by atoms with Gasteiger partial charge in [-0.25, -0.2) is 0 Å². The molecule has 1 saturated heterocycles. The summed E-state index contributed by atoms with van der Waals surface area (Å²) in [6, 6.07) is 13.4. The summed E-state index contributed by atoms with van der Waals surface area (Å²) in [5.41, 5.74) is 5.30. The minimum atomic E-state index is -0.582. The van der Waals surface area contributed by atoms with Crippen LogP contribution in [0.5, 0.6) is 5.75 Å². The van der Waals surface area contributed by atoms with Gasteiger partial charge in [-0.05, 0) is 37.1 Å². The second-order valence-electron chi connectivity index (χ2n) is 5.87. The summed E-state index contributed by atoms with van der Waals surface area (Å²) in [6.07, 6.45) is 2.33. The van der Waals surface area contributed by atoms with Crippen LogP contribution >= 0.6 is 11.8 Å². The molecule has 2 aromatic carbocycles. The van der Waals surface area contributed by atoms with E-state index >= 15 is 0 Å². The van der Waals surface area contributed by atoms with Crippen molar-refractivity contribution in [3.05, 3.63) is 59.7 Å². The van der Waals surface area contributed by atoms with Gasteiger partial charge in [-0.15, -0.1) is 11.8 Å². The Bertz CT molecular complexity index is 791. The van der Waals surface area contributed by atoms with Crippen LogP contribution in [-0.4, -0.2) is 35.4 Å². The second kappa shape index (κ2) is 8.73. The van der Waals surface area contributed by atoms with E-state index < -0.39 is 11.8 Å². The number of aromatic hydroxyl groups is 1. The Morgan fingerprint density at radius 2 is 1.69 bits per heavy atom. The molecule has 6 nitrogen and oxygen atoms in total. The molecule has 1 heterocycles. The lowest BCUT2D eigenvalue weighted by molar-refractivity contribution is 0.0843. The number of amides is 2. The van der Waals surface area contributed by atoms with Gasteiger partial charge in [0, 0.05) is 17.3 Å². The third-order valence-corrected chi connectivity index (χ3v) is 5.22. The normalized spacial score (nSPS) is 16.2. The molecule has 136 valence electrons. The molecule has 1 atom stereocenters. The predicted octanol–water partition coefficient (Wildman–Crippen LogP) is 2.74. The van der Waals surface area contributed by atoms with Gasteiger partial charge >= 0.3 is 0 Å². The number of thioether (sulfide) groups is 1. The van der Waals surface area contributed by atoms with Gasteiger partial charge in [0.05, 0.1) is 17.2 Å².